The Morgan fingerprint density at radius 2 is 1.48 bits per heavy atom. The molecule has 0 bridgehead atoms. The highest BCUT2D eigenvalue weighted by atomic mass is 16.5. The number of rotatable bonds is 11. The van der Waals surface area contributed by atoms with Gasteiger partial charge in [0, 0.05) is 23.1 Å². The van der Waals surface area contributed by atoms with Gasteiger partial charge in [0.15, 0.2) is 0 Å². The minimum absolute atomic E-state index is 0.0324. The molecule has 0 aliphatic carbocycles. The average molecular weight is 427 g/mol. The van der Waals surface area contributed by atoms with Crippen LogP contribution in [-0.4, -0.2) is 21.3 Å². The lowest BCUT2D eigenvalue weighted by Gasteiger charge is -2.28. The van der Waals surface area contributed by atoms with Gasteiger partial charge in [0.05, 0.1) is 6.42 Å². The molecule has 1 atom stereocenters. The van der Waals surface area contributed by atoms with Crippen LogP contribution in [0.4, 0.5) is 0 Å². The molecule has 2 aromatic rings. The Balaban J connectivity index is 1.69. The Morgan fingerprint density at radius 3 is 2.13 bits per heavy atom. The number of hydrogen-bond acceptors (Lipinski definition) is 5. The molecule has 0 radical (unpaired) electrons. The van der Waals surface area contributed by atoms with Crippen LogP contribution in [0.5, 0.6) is 23.0 Å². The van der Waals surface area contributed by atoms with E-state index in [-0.39, 0.29) is 35.6 Å². The molecule has 31 heavy (non-hydrogen) atoms. The quantitative estimate of drug-likeness (QED) is 0.222. The van der Waals surface area contributed by atoms with Gasteiger partial charge in [-0.3, -0.25) is 4.79 Å². The second kappa shape index (κ2) is 11.1. The lowest BCUT2D eigenvalue weighted by atomic mass is 9.83. The molecule has 5 heteroatoms. The van der Waals surface area contributed by atoms with Crippen molar-refractivity contribution in [1.82, 2.24) is 0 Å². The monoisotopic (exact) mass is 426 g/mol. The van der Waals surface area contributed by atoms with E-state index in [4.69, 9.17) is 4.74 Å². The van der Waals surface area contributed by atoms with Gasteiger partial charge in [-0.05, 0) is 30.5 Å². The molecule has 168 valence electrons. The molecule has 1 unspecified atom stereocenters. The maximum absolute atomic E-state index is 12.3. The number of unbranched alkanes of at least 4 members (excludes halogenated alkanes) is 8. The molecule has 3 N–H and O–H groups in total. The molecule has 0 aromatic heterocycles. The van der Waals surface area contributed by atoms with Gasteiger partial charge in [0.2, 0.25) is 0 Å². The number of benzene rings is 2. The summed E-state index contributed by atoms with van der Waals surface area (Å²) in [6, 6.07) is 7.98. The van der Waals surface area contributed by atoms with Gasteiger partial charge in [-0.25, -0.2) is 0 Å². The Hall–Kier alpha value is -2.69. The number of carbonyl (C=O) groups is 1. The van der Waals surface area contributed by atoms with Crippen molar-refractivity contribution in [3.8, 4) is 23.0 Å². The minimum Gasteiger partial charge on any atom is -0.508 e. The van der Waals surface area contributed by atoms with Crippen LogP contribution >= 0.6 is 0 Å². The third-order valence-electron chi connectivity index (χ3n) is 6.14. The van der Waals surface area contributed by atoms with Gasteiger partial charge in [0.25, 0.3) is 0 Å². The Morgan fingerprint density at radius 1 is 0.871 bits per heavy atom. The van der Waals surface area contributed by atoms with E-state index in [1.807, 2.05) is 0 Å². The van der Waals surface area contributed by atoms with Crippen LogP contribution in [0, 0.1) is 0 Å². The summed E-state index contributed by atoms with van der Waals surface area (Å²) in [5.74, 6) is -0.429. The zero-order valence-corrected chi connectivity index (χ0v) is 18.4. The number of ether oxygens (including phenoxy) is 1. The van der Waals surface area contributed by atoms with Gasteiger partial charge < -0.3 is 20.1 Å². The largest absolute Gasteiger partial charge is 0.508 e. The summed E-state index contributed by atoms with van der Waals surface area (Å²) in [6.45, 7) is 2.22. The van der Waals surface area contributed by atoms with Crippen LogP contribution in [0.15, 0.2) is 30.3 Å². The van der Waals surface area contributed by atoms with E-state index in [2.05, 4.69) is 6.92 Å². The third-order valence-corrected chi connectivity index (χ3v) is 6.14. The van der Waals surface area contributed by atoms with Gasteiger partial charge >= 0.3 is 5.97 Å². The molecule has 0 fully saturated rings. The van der Waals surface area contributed by atoms with Crippen LogP contribution in [0.1, 0.15) is 93.7 Å². The van der Waals surface area contributed by atoms with Crippen molar-refractivity contribution in [2.75, 3.05) is 0 Å². The van der Waals surface area contributed by atoms with Crippen LogP contribution in [-0.2, 0) is 11.2 Å². The zero-order chi connectivity index (χ0) is 22.2. The van der Waals surface area contributed by atoms with E-state index in [0.29, 0.717) is 23.3 Å². The van der Waals surface area contributed by atoms with Crippen LogP contribution in [0.3, 0.4) is 0 Å². The van der Waals surface area contributed by atoms with Gasteiger partial charge in [-0.1, -0.05) is 70.4 Å². The normalized spacial score (nSPS) is 15.5. The van der Waals surface area contributed by atoms with Crippen molar-refractivity contribution < 1.29 is 24.9 Å². The molecule has 1 heterocycles. The molecule has 5 nitrogen and oxygen atoms in total. The van der Waals surface area contributed by atoms with Crippen LogP contribution in [0.25, 0.3) is 0 Å². The van der Waals surface area contributed by atoms with Crippen molar-refractivity contribution in [3.05, 3.63) is 47.0 Å². The summed E-state index contributed by atoms with van der Waals surface area (Å²) < 4.78 is 5.52. The first-order chi connectivity index (χ1) is 15.0. The summed E-state index contributed by atoms with van der Waals surface area (Å²) >= 11 is 0. The van der Waals surface area contributed by atoms with Gasteiger partial charge in [0.1, 0.15) is 23.0 Å². The molecule has 3 rings (SSSR count). The summed E-state index contributed by atoms with van der Waals surface area (Å²) in [5.41, 5.74) is 1.94. The van der Waals surface area contributed by atoms with E-state index in [0.717, 1.165) is 24.8 Å². The fourth-order valence-electron chi connectivity index (χ4n) is 4.41. The first-order valence-electron chi connectivity index (χ1n) is 11.6. The maximum atomic E-state index is 12.3. The predicted molar refractivity (Wildman–Crippen MR) is 121 cm³/mol. The van der Waals surface area contributed by atoms with Crippen molar-refractivity contribution >= 4 is 5.97 Å². The molecule has 0 saturated heterocycles. The van der Waals surface area contributed by atoms with Crippen LogP contribution < -0.4 is 4.74 Å². The van der Waals surface area contributed by atoms with E-state index in [1.54, 1.807) is 24.3 Å². The molecular weight excluding hydrogens is 392 g/mol. The highest BCUT2D eigenvalue weighted by Crippen LogP contribution is 2.49. The first kappa shape index (κ1) is 23.0. The predicted octanol–water partition coefficient (Wildman–Crippen LogP) is 6.32. The molecule has 1 aliphatic rings. The number of hydrogen-bond donors (Lipinski definition) is 3. The lowest BCUT2D eigenvalue weighted by Crippen LogP contribution is -2.22. The van der Waals surface area contributed by atoms with Crippen molar-refractivity contribution in [2.45, 2.75) is 83.5 Å². The van der Waals surface area contributed by atoms with E-state index >= 15 is 0 Å². The summed E-state index contributed by atoms with van der Waals surface area (Å²) in [6.07, 6.45) is 11.5. The van der Waals surface area contributed by atoms with Crippen molar-refractivity contribution in [1.29, 1.82) is 0 Å². The van der Waals surface area contributed by atoms with Gasteiger partial charge in [-0.2, -0.15) is 0 Å². The number of carbonyl (C=O) groups excluding carboxylic acids is 1. The van der Waals surface area contributed by atoms with E-state index in [1.165, 1.54) is 44.6 Å². The fraction of sp³-hybridized carbons (Fsp3) is 0.500. The molecule has 1 aliphatic heterocycles. The Labute approximate surface area is 184 Å². The fourth-order valence-corrected chi connectivity index (χ4v) is 4.41. The molecule has 2 aromatic carbocycles. The van der Waals surface area contributed by atoms with Crippen molar-refractivity contribution in [3.63, 3.8) is 0 Å². The number of fused-ring (bicyclic) bond motifs is 1. The van der Waals surface area contributed by atoms with Crippen LogP contribution in [0.2, 0.25) is 0 Å². The molecule has 0 saturated carbocycles. The first-order valence-corrected chi connectivity index (χ1v) is 11.6. The highest BCUT2D eigenvalue weighted by molar-refractivity contribution is 5.80. The summed E-state index contributed by atoms with van der Waals surface area (Å²) in [7, 11) is 0. The zero-order valence-electron chi connectivity index (χ0n) is 18.4. The second-order valence-electron chi connectivity index (χ2n) is 8.54. The Bertz CT molecular complexity index is 872. The van der Waals surface area contributed by atoms with E-state index in [9.17, 15) is 20.1 Å². The Kier molecular flexibility index (Phi) is 8.21. The SMILES string of the molecule is CCCCCCCCCCCc1c(O)cc(O)c2c1OC(=O)CC2c1ccc(O)cc1. The standard InChI is InChI=1S/C26H34O5/c1-2-3-4-5-6-7-8-9-10-11-20-22(28)17-23(29)25-21(16-24(30)31-26(20)25)18-12-14-19(27)15-13-18/h12-15,17,21,27-29H,2-11,16H2,1H3. The van der Waals surface area contributed by atoms with Crippen molar-refractivity contribution in [2.24, 2.45) is 0 Å². The molecular formula is C26H34O5. The molecule has 0 spiro atoms. The highest BCUT2D eigenvalue weighted by Gasteiger charge is 2.34. The number of esters is 1. The maximum Gasteiger partial charge on any atom is 0.312 e. The average Bonchev–Trinajstić information content (AvgIpc) is 2.74. The second-order valence-corrected chi connectivity index (χ2v) is 8.54. The summed E-state index contributed by atoms with van der Waals surface area (Å²) in [5, 5.41) is 30.6. The molecule has 0 amide bonds. The minimum atomic E-state index is -0.385. The topological polar surface area (TPSA) is 87.0 Å². The number of aromatic hydroxyl groups is 3. The number of phenolic OH excluding ortho intramolecular Hbond substituents is 3. The number of phenols is 3. The third kappa shape index (κ3) is 5.93. The van der Waals surface area contributed by atoms with Gasteiger partial charge in [-0.15, -0.1) is 0 Å². The van der Waals surface area contributed by atoms with E-state index < -0.39 is 0 Å². The smallest absolute Gasteiger partial charge is 0.312 e. The lowest BCUT2D eigenvalue weighted by molar-refractivity contribution is -0.135. The summed E-state index contributed by atoms with van der Waals surface area (Å²) in [4.78, 5) is 12.3.